The number of hydrogen-bond acceptors (Lipinski definition) is 3. The Balaban J connectivity index is 1.47. The van der Waals surface area contributed by atoms with Gasteiger partial charge in [-0.3, -0.25) is 4.79 Å². The molecule has 2 heterocycles. The summed E-state index contributed by atoms with van der Waals surface area (Å²) < 4.78 is 5.52. The molecular weight excluding hydrogens is 264 g/mol. The van der Waals surface area contributed by atoms with E-state index in [1.807, 2.05) is 0 Å². The van der Waals surface area contributed by atoms with Crippen molar-refractivity contribution in [3.8, 4) is 0 Å². The highest BCUT2D eigenvalue weighted by Gasteiger charge is 2.25. The van der Waals surface area contributed by atoms with Crippen LogP contribution in [0.1, 0.15) is 31.7 Å². The third kappa shape index (κ3) is 3.38. The monoisotopic (exact) mass is 288 g/mol. The maximum absolute atomic E-state index is 12.0. The molecule has 2 atom stereocenters. The minimum absolute atomic E-state index is 0.127. The van der Waals surface area contributed by atoms with E-state index in [4.69, 9.17) is 4.74 Å². The van der Waals surface area contributed by atoms with E-state index >= 15 is 0 Å². The Hall–Kier alpha value is -1.55. The van der Waals surface area contributed by atoms with Crippen molar-refractivity contribution in [2.75, 3.05) is 24.6 Å². The van der Waals surface area contributed by atoms with Gasteiger partial charge in [0.15, 0.2) is 0 Å². The zero-order chi connectivity index (χ0) is 14.7. The topological polar surface area (TPSA) is 41.6 Å². The van der Waals surface area contributed by atoms with Crippen molar-refractivity contribution < 1.29 is 9.53 Å². The molecule has 2 unspecified atom stereocenters. The summed E-state index contributed by atoms with van der Waals surface area (Å²) in [7, 11) is 0. The molecular formula is C17H24N2O2. The van der Waals surface area contributed by atoms with E-state index in [-0.39, 0.29) is 12.0 Å². The number of para-hydroxylation sites is 1. The molecule has 0 aromatic heterocycles. The zero-order valence-electron chi connectivity index (χ0n) is 12.7. The van der Waals surface area contributed by atoms with Crippen LogP contribution in [0.5, 0.6) is 0 Å². The van der Waals surface area contributed by atoms with Gasteiger partial charge in [0.25, 0.3) is 0 Å². The Morgan fingerprint density at radius 3 is 3.10 bits per heavy atom. The zero-order valence-corrected chi connectivity index (χ0v) is 12.7. The van der Waals surface area contributed by atoms with E-state index in [9.17, 15) is 4.79 Å². The highest BCUT2D eigenvalue weighted by molar-refractivity contribution is 5.76. The second-order valence-electron chi connectivity index (χ2n) is 6.06. The normalized spacial score (nSPS) is 24.1. The number of nitrogens with one attached hydrogen (secondary N) is 1. The second-order valence-corrected chi connectivity index (χ2v) is 6.06. The van der Waals surface area contributed by atoms with Crippen molar-refractivity contribution in [1.82, 2.24) is 5.32 Å². The van der Waals surface area contributed by atoms with Gasteiger partial charge in [-0.25, -0.2) is 0 Å². The number of nitrogens with zero attached hydrogens (tertiary/aromatic N) is 1. The van der Waals surface area contributed by atoms with Gasteiger partial charge >= 0.3 is 0 Å². The van der Waals surface area contributed by atoms with Gasteiger partial charge in [0, 0.05) is 37.8 Å². The maximum Gasteiger partial charge on any atom is 0.221 e. The van der Waals surface area contributed by atoms with Crippen molar-refractivity contribution in [2.45, 2.75) is 44.8 Å². The van der Waals surface area contributed by atoms with Crippen LogP contribution < -0.4 is 10.2 Å². The quantitative estimate of drug-likeness (QED) is 0.902. The lowest BCUT2D eigenvalue weighted by Gasteiger charge is -2.24. The Labute approximate surface area is 126 Å². The molecule has 0 spiro atoms. The molecule has 1 saturated heterocycles. The summed E-state index contributed by atoms with van der Waals surface area (Å²) in [6.45, 7) is 4.51. The number of fused-ring (bicyclic) bond motifs is 1. The van der Waals surface area contributed by atoms with Gasteiger partial charge in [-0.2, -0.15) is 0 Å². The predicted molar refractivity (Wildman–Crippen MR) is 83.6 cm³/mol. The SMILES string of the molecule is CC1Cc2ccccc2N1CCC(=O)NCC1CCCO1. The second kappa shape index (κ2) is 6.48. The molecule has 0 saturated carbocycles. The minimum Gasteiger partial charge on any atom is -0.376 e. The maximum atomic E-state index is 12.0. The smallest absolute Gasteiger partial charge is 0.221 e. The standard InChI is InChI=1S/C17H24N2O2/c1-13-11-14-5-2-3-7-16(14)19(13)9-8-17(20)18-12-15-6-4-10-21-15/h2-3,5,7,13,15H,4,6,8-12H2,1H3,(H,18,20). The van der Waals surface area contributed by atoms with Crippen LogP contribution in [0.25, 0.3) is 0 Å². The fourth-order valence-electron chi connectivity index (χ4n) is 3.31. The number of benzene rings is 1. The fourth-order valence-corrected chi connectivity index (χ4v) is 3.31. The summed E-state index contributed by atoms with van der Waals surface area (Å²) >= 11 is 0. The molecule has 1 aromatic rings. The molecule has 4 nitrogen and oxygen atoms in total. The summed E-state index contributed by atoms with van der Waals surface area (Å²) in [5, 5.41) is 3.00. The Morgan fingerprint density at radius 1 is 1.43 bits per heavy atom. The molecule has 0 aliphatic carbocycles. The molecule has 3 rings (SSSR count). The average molecular weight is 288 g/mol. The Kier molecular flexibility index (Phi) is 4.44. The van der Waals surface area contributed by atoms with E-state index < -0.39 is 0 Å². The summed E-state index contributed by atoms with van der Waals surface area (Å²) in [5.41, 5.74) is 2.68. The van der Waals surface area contributed by atoms with Gasteiger partial charge in [0.1, 0.15) is 0 Å². The highest BCUT2D eigenvalue weighted by atomic mass is 16.5. The largest absolute Gasteiger partial charge is 0.376 e. The van der Waals surface area contributed by atoms with E-state index in [1.165, 1.54) is 11.3 Å². The van der Waals surface area contributed by atoms with Crippen molar-refractivity contribution >= 4 is 11.6 Å². The molecule has 4 heteroatoms. The predicted octanol–water partition coefficient (Wildman–Crippen LogP) is 2.12. The van der Waals surface area contributed by atoms with E-state index in [1.54, 1.807) is 0 Å². The van der Waals surface area contributed by atoms with Crippen molar-refractivity contribution in [1.29, 1.82) is 0 Å². The highest BCUT2D eigenvalue weighted by Crippen LogP contribution is 2.31. The van der Waals surface area contributed by atoms with Crippen molar-refractivity contribution in [3.63, 3.8) is 0 Å². The van der Waals surface area contributed by atoms with Gasteiger partial charge in [-0.1, -0.05) is 18.2 Å². The van der Waals surface area contributed by atoms with Crippen LogP contribution in [-0.2, 0) is 16.0 Å². The van der Waals surface area contributed by atoms with E-state index in [0.29, 0.717) is 19.0 Å². The average Bonchev–Trinajstić information content (AvgIpc) is 3.10. The van der Waals surface area contributed by atoms with Crippen LogP contribution in [0.15, 0.2) is 24.3 Å². The summed E-state index contributed by atoms with van der Waals surface area (Å²) in [6.07, 6.45) is 4.03. The van der Waals surface area contributed by atoms with Gasteiger partial charge in [0.05, 0.1) is 6.10 Å². The first-order valence-electron chi connectivity index (χ1n) is 7.97. The number of amides is 1. The molecule has 2 aliphatic rings. The lowest BCUT2D eigenvalue weighted by molar-refractivity contribution is -0.121. The van der Waals surface area contributed by atoms with Crippen LogP contribution in [0, 0.1) is 0 Å². The summed E-state index contributed by atoms with van der Waals surface area (Å²) in [6, 6.07) is 8.98. The molecule has 21 heavy (non-hydrogen) atoms. The minimum atomic E-state index is 0.127. The molecule has 1 aromatic carbocycles. The van der Waals surface area contributed by atoms with Gasteiger partial charge < -0.3 is 15.0 Å². The van der Waals surface area contributed by atoms with Gasteiger partial charge in [-0.15, -0.1) is 0 Å². The molecule has 114 valence electrons. The molecule has 0 radical (unpaired) electrons. The summed E-state index contributed by atoms with van der Waals surface area (Å²) in [5.74, 6) is 0.127. The summed E-state index contributed by atoms with van der Waals surface area (Å²) in [4.78, 5) is 14.3. The first-order chi connectivity index (χ1) is 10.2. The Morgan fingerprint density at radius 2 is 2.29 bits per heavy atom. The van der Waals surface area contributed by atoms with E-state index in [2.05, 4.69) is 41.4 Å². The number of carbonyl (C=O) groups excluding carboxylic acids is 1. The number of anilines is 1. The molecule has 1 amide bonds. The first kappa shape index (κ1) is 14.4. The van der Waals surface area contributed by atoms with Crippen LogP contribution in [0.2, 0.25) is 0 Å². The van der Waals surface area contributed by atoms with Crippen LogP contribution in [0.3, 0.4) is 0 Å². The lowest BCUT2D eigenvalue weighted by Crippen LogP contribution is -2.36. The van der Waals surface area contributed by atoms with Gasteiger partial charge in [0.2, 0.25) is 5.91 Å². The number of carbonyl (C=O) groups is 1. The third-order valence-corrected chi connectivity index (χ3v) is 4.48. The number of rotatable bonds is 5. The number of ether oxygens (including phenoxy) is 1. The van der Waals surface area contributed by atoms with Crippen LogP contribution in [-0.4, -0.2) is 37.7 Å². The molecule has 1 N–H and O–H groups in total. The van der Waals surface area contributed by atoms with Crippen LogP contribution in [0.4, 0.5) is 5.69 Å². The molecule has 1 fully saturated rings. The van der Waals surface area contributed by atoms with Gasteiger partial charge in [-0.05, 0) is 37.8 Å². The van der Waals surface area contributed by atoms with Crippen molar-refractivity contribution in [3.05, 3.63) is 29.8 Å². The molecule has 0 bridgehead atoms. The Bertz CT molecular complexity index is 497. The third-order valence-electron chi connectivity index (χ3n) is 4.48. The fraction of sp³-hybridized carbons (Fsp3) is 0.588. The molecule has 2 aliphatic heterocycles. The number of hydrogen-bond donors (Lipinski definition) is 1. The van der Waals surface area contributed by atoms with Crippen molar-refractivity contribution in [2.24, 2.45) is 0 Å². The van der Waals surface area contributed by atoms with E-state index in [0.717, 1.165) is 32.4 Å². The lowest BCUT2D eigenvalue weighted by atomic mass is 10.1. The first-order valence-corrected chi connectivity index (χ1v) is 7.97. The van der Waals surface area contributed by atoms with Crippen LogP contribution >= 0.6 is 0 Å².